The molecule has 0 fully saturated rings. The van der Waals surface area contributed by atoms with Gasteiger partial charge in [0.05, 0.1) is 5.38 Å². The van der Waals surface area contributed by atoms with Crippen LogP contribution in [0.5, 0.6) is 0 Å². The Morgan fingerprint density at radius 3 is 1.95 bits per heavy atom. The predicted octanol–water partition coefficient (Wildman–Crippen LogP) is 5.86. The van der Waals surface area contributed by atoms with E-state index in [0.717, 1.165) is 25.7 Å². The largest absolute Gasteiger partial charge is 0.461 e. The second-order valence-corrected chi connectivity index (χ2v) is 6.28. The van der Waals surface area contributed by atoms with Gasteiger partial charge in [-0.05, 0) is 19.3 Å². The third-order valence-corrected chi connectivity index (χ3v) is 4.13. The quantitative estimate of drug-likeness (QED) is 0.242. The number of hydrogen-bond donors (Lipinski definition) is 0. The Morgan fingerprint density at radius 2 is 1.45 bits per heavy atom. The van der Waals surface area contributed by atoms with Crippen LogP contribution < -0.4 is 0 Å². The summed E-state index contributed by atoms with van der Waals surface area (Å²) < 4.78 is 5.35. The maximum atomic E-state index is 11.1. The van der Waals surface area contributed by atoms with E-state index >= 15 is 0 Å². The maximum Gasteiger partial charge on any atom is 0.302 e. The molecule has 0 N–H and O–H groups in total. The molecule has 0 heterocycles. The summed E-state index contributed by atoms with van der Waals surface area (Å²) in [5, 5.41) is -0.0338. The molecule has 0 spiro atoms. The van der Waals surface area contributed by atoms with Gasteiger partial charge >= 0.3 is 5.97 Å². The van der Waals surface area contributed by atoms with Crippen LogP contribution in [0.1, 0.15) is 91.4 Å². The van der Waals surface area contributed by atoms with Crippen LogP contribution in [0, 0.1) is 0 Å². The van der Waals surface area contributed by atoms with Crippen molar-refractivity contribution in [3.8, 4) is 0 Å². The Kier molecular flexibility index (Phi) is 13.6. The van der Waals surface area contributed by atoms with Crippen molar-refractivity contribution in [2.75, 3.05) is 0 Å². The Morgan fingerprint density at radius 1 is 0.900 bits per heavy atom. The van der Waals surface area contributed by atoms with Crippen molar-refractivity contribution < 1.29 is 9.53 Å². The molecule has 0 rings (SSSR count). The Hall–Kier alpha value is -0.240. The maximum absolute atomic E-state index is 11.1. The van der Waals surface area contributed by atoms with Gasteiger partial charge < -0.3 is 4.74 Å². The minimum absolute atomic E-state index is 0.0338. The van der Waals surface area contributed by atoms with Crippen LogP contribution in [0.4, 0.5) is 0 Å². The number of unbranched alkanes of at least 4 members (excludes halogenated alkanes) is 7. The Bertz CT molecular complexity index is 231. The average Bonchev–Trinajstić information content (AvgIpc) is 2.40. The first-order chi connectivity index (χ1) is 9.61. The first-order valence-electron chi connectivity index (χ1n) is 8.43. The van der Waals surface area contributed by atoms with Crippen LogP contribution >= 0.6 is 11.6 Å². The lowest BCUT2D eigenvalue weighted by atomic mass is 10.0. The molecule has 0 bridgehead atoms. The van der Waals surface area contributed by atoms with Gasteiger partial charge in [0, 0.05) is 6.92 Å². The standard InChI is InChI=1S/C17H33ClO2/c1-4-6-7-8-9-10-11-12-14-17(20-15(3)19)16(18)13-5-2/h16-17H,4-14H2,1-3H3. The number of rotatable bonds is 13. The third kappa shape index (κ3) is 11.6. The molecule has 0 aromatic heterocycles. The predicted molar refractivity (Wildman–Crippen MR) is 87.3 cm³/mol. The van der Waals surface area contributed by atoms with Crippen molar-refractivity contribution in [1.29, 1.82) is 0 Å². The molecule has 0 radical (unpaired) electrons. The summed E-state index contributed by atoms with van der Waals surface area (Å²) in [5.41, 5.74) is 0. The number of hydrogen-bond acceptors (Lipinski definition) is 2. The van der Waals surface area contributed by atoms with Crippen LogP contribution in [0.2, 0.25) is 0 Å². The van der Waals surface area contributed by atoms with Crippen molar-refractivity contribution in [2.24, 2.45) is 0 Å². The Labute approximate surface area is 130 Å². The summed E-state index contributed by atoms with van der Waals surface area (Å²) >= 11 is 6.31. The van der Waals surface area contributed by atoms with Gasteiger partial charge in [-0.3, -0.25) is 4.79 Å². The summed E-state index contributed by atoms with van der Waals surface area (Å²) in [6.45, 7) is 5.82. The molecule has 3 heteroatoms. The number of halogens is 1. The van der Waals surface area contributed by atoms with Gasteiger partial charge in [0.2, 0.25) is 0 Å². The van der Waals surface area contributed by atoms with Gasteiger partial charge in [0.15, 0.2) is 0 Å². The molecule has 0 saturated carbocycles. The van der Waals surface area contributed by atoms with E-state index in [1.54, 1.807) is 0 Å². The summed E-state index contributed by atoms with van der Waals surface area (Å²) in [5.74, 6) is -0.212. The van der Waals surface area contributed by atoms with Gasteiger partial charge in [-0.2, -0.15) is 0 Å². The van der Waals surface area contributed by atoms with Crippen molar-refractivity contribution in [2.45, 2.75) is 103 Å². The molecule has 2 atom stereocenters. The molecule has 2 unspecified atom stereocenters. The highest BCUT2D eigenvalue weighted by atomic mass is 35.5. The molecule has 0 aliphatic rings. The van der Waals surface area contributed by atoms with E-state index in [1.165, 1.54) is 51.9 Å². The van der Waals surface area contributed by atoms with Crippen LogP contribution in [0.3, 0.4) is 0 Å². The van der Waals surface area contributed by atoms with E-state index in [9.17, 15) is 4.79 Å². The highest BCUT2D eigenvalue weighted by Crippen LogP contribution is 2.20. The molecule has 0 saturated heterocycles. The van der Waals surface area contributed by atoms with Crippen LogP contribution in [-0.4, -0.2) is 17.5 Å². The molecule has 0 aliphatic heterocycles. The van der Waals surface area contributed by atoms with E-state index in [4.69, 9.17) is 16.3 Å². The Balaban J connectivity index is 3.70. The fourth-order valence-corrected chi connectivity index (χ4v) is 2.86. The highest BCUT2D eigenvalue weighted by molar-refractivity contribution is 6.21. The molecule has 2 nitrogen and oxygen atoms in total. The first-order valence-corrected chi connectivity index (χ1v) is 8.86. The van der Waals surface area contributed by atoms with E-state index in [1.807, 2.05) is 0 Å². The van der Waals surface area contributed by atoms with Gasteiger partial charge in [0.1, 0.15) is 6.10 Å². The fourth-order valence-electron chi connectivity index (χ4n) is 2.47. The normalized spacial score (nSPS) is 14.0. The van der Waals surface area contributed by atoms with E-state index < -0.39 is 0 Å². The smallest absolute Gasteiger partial charge is 0.302 e. The van der Waals surface area contributed by atoms with Crippen molar-refractivity contribution in [3.05, 3.63) is 0 Å². The molecule has 20 heavy (non-hydrogen) atoms. The van der Waals surface area contributed by atoms with Crippen LogP contribution in [0.15, 0.2) is 0 Å². The number of esters is 1. The summed E-state index contributed by atoms with van der Waals surface area (Å²) in [6, 6.07) is 0. The topological polar surface area (TPSA) is 26.3 Å². The fraction of sp³-hybridized carbons (Fsp3) is 0.941. The second-order valence-electron chi connectivity index (χ2n) is 5.72. The van der Waals surface area contributed by atoms with Crippen molar-refractivity contribution in [3.63, 3.8) is 0 Å². The molecule has 0 aromatic carbocycles. The van der Waals surface area contributed by atoms with Gasteiger partial charge in [-0.1, -0.05) is 65.2 Å². The zero-order chi connectivity index (χ0) is 15.2. The SMILES string of the molecule is CCCCCCCCCCC(OC(C)=O)C(Cl)CCC. The average molecular weight is 305 g/mol. The number of ether oxygens (including phenoxy) is 1. The van der Waals surface area contributed by atoms with Crippen LogP contribution in [-0.2, 0) is 9.53 Å². The summed E-state index contributed by atoms with van der Waals surface area (Å²) in [7, 11) is 0. The summed E-state index contributed by atoms with van der Waals surface area (Å²) in [6.07, 6.45) is 13.1. The molecule has 120 valence electrons. The van der Waals surface area contributed by atoms with E-state index in [2.05, 4.69) is 13.8 Å². The third-order valence-electron chi connectivity index (χ3n) is 3.63. The molecule has 0 aromatic rings. The lowest BCUT2D eigenvalue weighted by Gasteiger charge is -2.21. The minimum atomic E-state index is -0.212. The monoisotopic (exact) mass is 304 g/mol. The minimum Gasteiger partial charge on any atom is -0.461 e. The molecular formula is C17H33ClO2. The van der Waals surface area contributed by atoms with Gasteiger partial charge in [-0.15, -0.1) is 11.6 Å². The summed E-state index contributed by atoms with van der Waals surface area (Å²) in [4.78, 5) is 11.1. The van der Waals surface area contributed by atoms with Crippen molar-refractivity contribution >= 4 is 17.6 Å². The lowest BCUT2D eigenvalue weighted by Crippen LogP contribution is -2.26. The molecule has 0 aliphatic carbocycles. The van der Waals surface area contributed by atoms with Gasteiger partial charge in [0.25, 0.3) is 0 Å². The number of carbonyl (C=O) groups is 1. The first kappa shape index (κ1) is 19.8. The van der Waals surface area contributed by atoms with E-state index in [-0.39, 0.29) is 17.5 Å². The second kappa shape index (κ2) is 13.7. The van der Waals surface area contributed by atoms with Crippen molar-refractivity contribution in [1.82, 2.24) is 0 Å². The zero-order valence-corrected chi connectivity index (χ0v) is 14.4. The molecular weight excluding hydrogens is 272 g/mol. The number of alkyl halides is 1. The lowest BCUT2D eigenvalue weighted by molar-refractivity contribution is -0.146. The molecule has 0 amide bonds. The zero-order valence-electron chi connectivity index (χ0n) is 13.6. The number of carbonyl (C=O) groups excluding carboxylic acids is 1. The van der Waals surface area contributed by atoms with E-state index in [0.29, 0.717) is 0 Å². The van der Waals surface area contributed by atoms with Crippen LogP contribution in [0.25, 0.3) is 0 Å². The van der Waals surface area contributed by atoms with Gasteiger partial charge in [-0.25, -0.2) is 0 Å². The highest BCUT2D eigenvalue weighted by Gasteiger charge is 2.20.